The fraction of sp³-hybridized carbons (Fsp3) is 0.429. The van der Waals surface area contributed by atoms with E-state index in [1.54, 1.807) is 0 Å². The Labute approximate surface area is 183 Å². The molecule has 0 spiro atoms. The van der Waals surface area contributed by atoms with E-state index in [1.807, 2.05) is 0 Å². The van der Waals surface area contributed by atoms with Gasteiger partial charge in [0.1, 0.15) is 17.4 Å². The lowest BCUT2D eigenvalue weighted by Crippen LogP contribution is -2.53. The number of methoxy groups -OCH3 is 1. The lowest BCUT2D eigenvalue weighted by Gasteiger charge is -2.39. The predicted octanol–water partition coefficient (Wildman–Crippen LogP) is 6.92. The second-order valence-corrected chi connectivity index (χ2v) is 7.90. The summed E-state index contributed by atoms with van der Waals surface area (Å²) in [5.74, 6) is -5.19. The van der Waals surface area contributed by atoms with E-state index in [4.69, 9.17) is 16.3 Å². The smallest absolute Gasteiger partial charge is 0.417 e. The molecule has 0 aliphatic rings. The molecule has 0 amide bonds. The zero-order valence-electron chi connectivity index (χ0n) is 17.0. The Bertz CT molecular complexity index is 973. The van der Waals surface area contributed by atoms with Gasteiger partial charge in [0.2, 0.25) is 0 Å². The number of hydrogen-bond acceptors (Lipinski definition) is 2. The van der Waals surface area contributed by atoms with Gasteiger partial charge in [-0.3, -0.25) is 0 Å². The van der Waals surface area contributed by atoms with Gasteiger partial charge in [0.15, 0.2) is 5.60 Å². The van der Waals surface area contributed by atoms with Crippen molar-refractivity contribution in [3.05, 3.63) is 63.7 Å². The summed E-state index contributed by atoms with van der Waals surface area (Å²) in [7, 11) is 1.21. The quantitative estimate of drug-likeness (QED) is 0.445. The third kappa shape index (κ3) is 5.11. The van der Waals surface area contributed by atoms with Crippen LogP contribution in [-0.4, -0.2) is 24.0 Å². The van der Waals surface area contributed by atoms with E-state index < -0.39 is 64.0 Å². The molecule has 0 aromatic heterocycles. The van der Waals surface area contributed by atoms with Gasteiger partial charge in [-0.2, -0.15) is 26.3 Å². The third-order valence-electron chi connectivity index (χ3n) is 5.57. The first kappa shape index (κ1) is 26.2. The highest BCUT2D eigenvalue weighted by atomic mass is 35.5. The molecule has 0 aliphatic carbocycles. The van der Waals surface area contributed by atoms with Crippen LogP contribution in [0.1, 0.15) is 36.5 Å². The molecule has 3 unspecified atom stereocenters. The second kappa shape index (κ2) is 9.05. The molecule has 2 rings (SSSR count). The van der Waals surface area contributed by atoms with Crippen LogP contribution < -0.4 is 4.74 Å². The molecule has 2 nitrogen and oxygen atoms in total. The van der Waals surface area contributed by atoms with E-state index in [0.717, 1.165) is 19.1 Å². The number of hydrogen-bond donors (Lipinski definition) is 1. The highest BCUT2D eigenvalue weighted by Crippen LogP contribution is 2.47. The number of halogens is 9. The zero-order chi connectivity index (χ0) is 24.6. The van der Waals surface area contributed by atoms with Gasteiger partial charge >= 0.3 is 12.4 Å². The molecule has 1 N–H and O–H groups in total. The third-order valence-corrected chi connectivity index (χ3v) is 5.84. The molecule has 0 bridgehead atoms. The summed E-state index contributed by atoms with van der Waals surface area (Å²) in [5.41, 5.74) is -6.21. The first-order valence-corrected chi connectivity index (χ1v) is 9.58. The van der Waals surface area contributed by atoms with Gasteiger partial charge in [-0.15, -0.1) is 0 Å². The maximum Gasteiger partial charge on any atom is 0.417 e. The molecule has 2 aromatic rings. The first-order valence-electron chi connectivity index (χ1n) is 9.20. The molecule has 0 aliphatic heterocycles. The Balaban J connectivity index is 2.59. The molecule has 0 radical (unpaired) electrons. The van der Waals surface area contributed by atoms with Crippen molar-refractivity contribution in [2.24, 2.45) is 5.92 Å². The average Bonchev–Trinajstić information content (AvgIpc) is 2.68. The fourth-order valence-electron chi connectivity index (χ4n) is 3.49. The summed E-state index contributed by atoms with van der Waals surface area (Å²) in [6, 6.07) is 3.57. The lowest BCUT2D eigenvalue weighted by molar-refractivity contribution is -0.279. The van der Waals surface area contributed by atoms with Crippen molar-refractivity contribution in [3.8, 4) is 5.75 Å². The van der Waals surface area contributed by atoms with Crippen molar-refractivity contribution >= 4 is 11.6 Å². The van der Waals surface area contributed by atoms with E-state index in [2.05, 4.69) is 0 Å². The first-order chi connectivity index (χ1) is 14.5. The van der Waals surface area contributed by atoms with Crippen molar-refractivity contribution in [1.29, 1.82) is 0 Å². The molecule has 0 heterocycles. The Kier molecular flexibility index (Phi) is 7.41. The van der Waals surface area contributed by atoms with E-state index in [9.17, 15) is 40.2 Å². The topological polar surface area (TPSA) is 29.5 Å². The monoisotopic (exact) mass is 490 g/mol. The number of ether oxygens (including phenoxy) is 1. The minimum absolute atomic E-state index is 0.00905. The van der Waals surface area contributed by atoms with Crippen molar-refractivity contribution < 1.29 is 45.0 Å². The van der Waals surface area contributed by atoms with E-state index in [0.29, 0.717) is 0 Å². The summed E-state index contributed by atoms with van der Waals surface area (Å²) in [4.78, 5) is 0. The Morgan fingerprint density at radius 2 is 1.59 bits per heavy atom. The van der Waals surface area contributed by atoms with Crippen LogP contribution in [0.15, 0.2) is 30.3 Å². The van der Waals surface area contributed by atoms with Crippen LogP contribution in [-0.2, 0) is 12.6 Å². The number of aliphatic hydroxyl groups is 1. The van der Waals surface area contributed by atoms with Gasteiger partial charge < -0.3 is 9.84 Å². The normalized spacial score (nSPS) is 16.4. The maximum absolute atomic E-state index is 14.4. The van der Waals surface area contributed by atoms with Crippen molar-refractivity contribution in [2.75, 3.05) is 7.11 Å². The van der Waals surface area contributed by atoms with Crippen LogP contribution >= 0.6 is 11.6 Å². The molecule has 2 aromatic carbocycles. The summed E-state index contributed by atoms with van der Waals surface area (Å²) in [6.07, 6.45) is -11.9. The van der Waals surface area contributed by atoms with Crippen LogP contribution in [0.3, 0.4) is 0 Å². The molecule has 0 fully saturated rings. The predicted molar refractivity (Wildman–Crippen MR) is 102 cm³/mol. The van der Waals surface area contributed by atoms with Crippen LogP contribution in [0.2, 0.25) is 5.02 Å². The molecule has 0 saturated heterocycles. The molecule has 3 atom stereocenters. The van der Waals surface area contributed by atoms with Gasteiger partial charge in [-0.1, -0.05) is 25.4 Å². The highest BCUT2D eigenvalue weighted by molar-refractivity contribution is 6.30. The summed E-state index contributed by atoms with van der Waals surface area (Å²) in [5, 5.41) is 9.66. The number of alkyl halides is 6. The van der Waals surface area contributed by atoms with E-state index in [-0.39, 0.29) is 23.4 Å². The van der Waals surface area contributed by atoms with Crippen LogP contribution in [0, 0.1) is 17.6 Å². The van der Waals surface area contributed by atoms with Gasteiger partial charge in [0.05, 0.1) is 17.7 Å². The van der Waals surface area contributed by atoms with Gasteiger partial charge in [0.25, 0.3) is 0 Å². The van der Waals surface area contributed by atoms with Gasteiger partial charge in [-0.05, 0) is 41.8 Å². The second-order valence-electron chi connectivity index (χ2n) is 7.49. The van der Waals surface area contributed by atoms with Crippen LogP contribution in [0.5, 0.6) is 5.75 Å². The average molecular weight is 491 g/mol. The lowest BCUT2D eigenvalue weighted by atomic mass is 9.73. The molecular weight excluding hydrogens is 472 g/mol. The van der Waals surface area contributed by atoms with E-state index in [1.165, 1.54) is 20.1 Å². The Morgan fingerprint density at radius 3 is 2.09 bits per heavy atom. The number of rotatable bonds is 6. The van der Waals surface area contributed by atoms with Crippen LogP contribution in [0.25, 0.3) is 0 Å². The molecule has 0 saturated carbocycles. The minimum Gasteiger partial charge on any atom is -0.496 e. The Morgan fingerprint density at radius 1 is 1.00 bits per heavy atom. The Hall–Kier alpha value is -2.07. The van der Waals surface area contributed by atoms with Gasteiger partial charge in [0, 0.05) is 17.9 Å². The van der Waals surface area contributed by atoms with Gasteiger partial charge in [-0.25, -0.2) is 8.78 Å². The minimum atomic E-state index is -5.38. The van der Waals surface area contributed by atoms with Crippen molar-refractivity contribution in [2.45, 2.75) is 44.1 Å². The van der Waals surface area contributed by atoms with E-state index >= 15 is 0 Å². The SMILES string of the molecule is COc1ccc(F)cc1C(C)C(C)C(O)(Cc1cc(C(F)(F)F)cc(Cl)c1F)C(F)(F)F. The fourth-order valence-corrected chi connectivity index (χ4v) is 3.73. The van der Waals surface area contributed by atoms with Crippen LogP contribution in [0.4, 0.5) is 35.1 Å². The summed E-state index contributed by atoms with van der Waals surface area (Å²) in [6.45, 7) is 2.24. The molecule has 11 heteroatoms. The standard InChI is InChI=1S/C21H19ClF8O2/c1-10(15-8-14(23)4-5-17(15)32-3)11(2)19(31,21(28,29)30)9-12-6-13(20(25,26)27)7-16(22)18(12)24/h4-8,10-11,31H,9H2,1-3H3. The van der Waals surface area contributed by atoms with Crippen molar-refractivity contribution in [3.63, 3.8) is 0 Å². The maximum atomic E-state index is 14.4. The summed E-state index contributed by atoms with van der Waals surface area (Å²) >= 11 is 5.47. The molecule has 178 valence electrons. The molecule has 32 heavy (non-hydrogen) atoms. The number of benzene rings is 2. The van der Waals surface area contributed by atoms with Crippen molar-refractivity contribution in [1.82, 2.24) is 0 Å². The molecular formula is C21H19ClF8O2. The highest BCUT2D eigenvalue weighted by Gasteiger charge is 2.58. The zero-order valence-corrected chi connectivity index (χ0v) is 17.8. The summed E-state index contributed by atoms with van der Waals surface area (Å²) < 4.78 is 114. The largest absolute Gasteiger partial charge is 0.496 e.